The number of aromatic nitrogens is 3. The van der Waals surface area contributed by atoms with E-state index in [2.05, 4.69) is 14.9 Å². The Hall–Kier alpha value is -1.46. The largest absolute Gasteiger partial charge is 0.358 e. The molecule has 2 aromatic heterocycles. The third-order valence-corrected chi connectivity index (χ3v) is 4.56. The third-order valence-electron chi connectivity index (χ3n) is 4.56. The highest BCUT2D eigenvalue weighted by Crippen LogP contribution is 2.28. The predicted molar refractivity (Wildman–Crippen MR) is 81.1 cm³/mol. The molecule has 0 spiro atoms. The number of hydrogen-bond donors (Lipinski definition) is 1. The van der Waals surface area contributed by atoms with Crippen molar-refractivity contribution in [3.63, 3.8) is 0 Å². The fraction of sp³-hybridized carbons (Fsp3) is 0.625. The van der Waals surface area contributed by atoms with Crippen molar-refractivity contribution in [1.82, 2.24) is 19.9 Å². The number of rotatable bonds is 3. The molecular weight excluding hydrogens is 264 g/mol. The number of imidazole rings is 1. The number of hydrogen-bond acceptors (Lipinski definition) is 4. The van der Waals surface area contributed by atoms with E-state index in [9.17, 15) is 0 Å². The fourth-order valence-electron chi connectivity index (χ4n) is 3.50. The minimum absolute atomic E-state index is 0.107. The van der Waals surface area contributed by atoms with Crippen molar-refractivity contribution in [2.45, 2.75) is 50.8 Å². The molecule has 4 rings (SSSR count). The molecule has 2 aliphatic heterocycles. The molecule has 5 heteroatoms. The van der Waals surface area contributed by atoms with Gasteiger partial charge in [0.25, 0.3) is 0 Å². The summed E-state index contributed by atoms with van der Waals surface area (Å²) < 4.78 is 8.24. The van der Waals surface area contributed by atoms with Crippen LogP contribution in [0.15, 0.2) is 18.3 Å². The maximum absolute atomic E-state index is 6.00. The molecule has 0 amide bonds. The van der Waals surface area contributed by atoms with Crippen LogP contribution in [0.25, 0.3) is 11.2 Å². The Labute approximate surface area is 124 Å². The lowest BCUT2D eigenvalue weighted by molar-refractivity contribution is -0.0314. The van der Waals surface area contributed by atoms with E-state index in [0.717, 1.165) is 49.4 Å². The van der Waals surface area contributed by atoms with Crippen LogP contribution < -0.4 is 5.32 Å². The number of fused-ring (bicyclic) bond motifs is 1. The minimum atomic E-state index is 0.107. The summed E-state index contributed by atoms with van der Waals surface area (Å²) in [5.74, 6) is 1.12. The van der Waals surface area contributed by atoms with Crippen molar-refractivity contribution in [2.24, 2.45) is 0 Å². The first-order chi connectivity index (χ1) is 10.4. The molecule has 2 unspecified atom stereocenters. The SMILES string of the molecule is c1cnc2c(c1)nc(CC1CCCN1)n2C1CCCCO1. The highest BCUT2D eigenvalue weighted by atomic mass is 16.5. The normalized spacial score (nSPS) is 26.5. The molecule has 0 saturated carbocycles. The van der Waals surface area contributed by atoms with E-state index in [1.54, 1.807) is 0 Å². The van der Waals surface area contributed by atoms with E-state index in [1.807, 2.05) is 18.3 Å². The van der Waals surface area contributed by atoms with Crippen molar-refractivity contribution in [3.05, 3.63) is 24.2 Å². The Balaban J connectivity index is 1.72. The summed E-state index contributed by atoms with van der Waals surface area (Å²) in [5, 5.41) is 3.57. The van der Waals surface area contributed by atoms with E-state index >= 15 is 0 Å². The van der Waals surface area contributed by atoms with Crippen LogP contribution >= 0.6 is 0 Å². The highest BCUT2D eigenvalue weighted by Gasteiger charge is 2.25. The highest BCUT2D eigenvalue weighted by molar-refractivity contribution is 5.71. The van der Waals surface area contributed by atoms with Crippen LogP contribution in [0.1, 0.15) is 44.2 Å². The first-order valence-corrected chi connectivity index (χ1v) is 8.08. The first kappa shape index (κ1) is 13.2. The third kappa shape index (κ3) is 2.56. The zero-order valence-corrected chi connectivity index (χ0v) is 12.3. The Morgan fingerprint density at radius 2 is 2.29 bits per heavy atom. The lowest BCUT2D eigenvalue weighted by Gasteiger charge is -2.26. The van der Waals surface area contributed by atoms with Gasteiger partial charge in [-0.15, -0.1) is 0 Å². The number of ether oxygens (including phenoxy) is 1. The van der Waals surface area contributed by atoms with Crippen LogP contribution in [-0.4, -0.2) is 33.7 Å². The van der Waals surface area contributed by atoms with Gasteiger partial charge < -0.3 is 10.1 Å². The van der Waals surface area contributed by atoms with Crippen molar-refractivity contribution in [1.29, 1.82) is 0 Å². The van der Waals surface area contributed by atoms with Gasteiger partial charge in [-0.25, -0.2) is 9.97 Å². The van der Waals surface area contributed by atoms with Gasteiger partial charge in [-0.1, -0.05) is 0 Å². The van der Waals surface area contributed by atoms with Crippen molar-refractivity contribution in [2.75, 3.05) is 13.2 Å². The molecule has 1 N–H and O–H groups in total. The summed E-state index contributed by atoms with van der Waals surface area (Å²) in [5.41, 5.74) is 1.96. The topological polar surface area (TPSA) is 52.0 Å². The zero-order chi connectivity index (χ0) is 14.1. The van der Waals surface area contributed by atoms with Gasteiger partial charge in [0.15, 0.2) is 5.65 Å². The van der Waals surface area contributed by atoms with E-state index in [0.29, 0.717) is 6.04 Å². The zero-order valence-electron chi connectivity index (χ0n) is 12.3. The van der Waals surface area contributed by atoms with E-state index in [-0.39, 0.29) is 6.23 Å². The molecule has 112 valence electrons. The summed E-state index contributed by atoms with van der Waals surface area (Å²) in [7, 11) is 0. The van der Waals surface area contributed by atoms with Gasteiger partial charge in [0.05, 0.1) is 0 Å². The average Bonchev–Trinajstić information content (AvgIpc) is 3.15. The lowest BCUT2D eigenvalue weighted by Crippen LogP contribution is -2.27. The molecule has 2 saturated heterocycles. The van der Waals surface area contributed by atoms with Crippen LogP contribution in [0, 0.1) is 0 Å². The van der Waals surface area contributed by atoms with Gasteiger partial charge in [0, 0.05) is 25.3 Å². The second-order valence-corrected chi connectivity index (χ2v) is 6.06. The van der Waals surface area contributed by atoms with E-state index in [4.69, 9.17) is 9.72 Å². The van der Waals surface area contributed by atoms with Gasteiger partial charge in [-0.3, -0.25) is 4.57 Å². The standard InChI is InChI=1S/C16H22N4O/c1-2-10-21-15(7-1)20-14(11-12-5-3-8-17-12)19-13-6-4-9-18-16(13)20/h4,6,9,12,15,17H,1-3,5,7-8,10-11H2. The molecule has 0 aromatic carbocycles. The van der Waals surface area contributed by atoms with Crippen molar-refractivity contribution >= 4 is 11.2 Å². The molecule has 2 fully saturated rings. The van der Waals surface area contributed by atoms with Crippen LogP contribution in [-0.2, 0) is 11.2 Å². The quantitative estimate of drug-likeness (QED) is 0.941. The van der Waals surface area contributed by atoms with Crippen LogP contribution in [0.4, 0.5) is 0 Å². The Morgan fingerprint density at radius 3 is 3.10 bits per heavy atom. The maximum atomic E-state index is 6.00. The summed E-state index contributed by atoms with van der Waals surface area (Å²) in [4.78, 5) is 9.38. The van der Waals surface area contributed by atoms with E-state index in [1.165, 1.54) is 19.3 Å². The minimum Gasteiger partial charge on any atom is -0.358 e. The van der Waals surface area contributed by atoms with Gasteiger partial charge >= 0.3 is 0 Å². The number of nitrogens with zero attached hydrogens (tertiary/aromatic N) is 3. The van der Waals surface area contributed by atoms with Crippen molar-refractivity contribution < 1.29 is 4.74 Å². The average molecular weight is 286 g/mol. The maximum Gasteiger partial charge on any atom is 0.162 e. The molecule has 2 aromatic rings. The molecule has 5 nitrogen and oxygen atoms in total. The van der Waals surface area contributed by atoms with Gasteiger partial charge in [-0.2, -0.15) is 0 Å². The second-order valence-electron chi connectivity index (χ2n) is 6.06. The fourth-order valence-corrected chi connectivity index (χ4v) is 3.50. The number of nitrogens with one attached hydrogen (secondary N) is 1. The summed E-state index contributed by atoms with van der Waals surface area (Å²) in [6.45, 7) is 1.97. The number of pyridine rings is 1. The molecule has 0 aliphatic carbocycles. The van der Waals surface area contributed by atoms with E-state index < -0.39 is 0 Å². The van der Waals surface area contributed by atoms with Crippen LogP contribution in [0.3, 0.4) is 0 Å². The summed E-state index contributed by atoms with van der Waals surface area (Å²) in [6, 6.07) is 4.55. The van der Waals surface area contributed by atoms with Gasteiger partial charge in [0.2, 0.25) is 0 Å². The summed E-state index contributed by atoms with van der Waals surface area (Å²) in [6.07, 6.45) is 8.87. The smallest absolute Gasteiger partial charge is 0.162 e. The second kappa shape index (κ2) is 5.73. The summed E-state index contributed by atoms with van der Waals surface area (Å²) >= 11 is 0. The van der Waals surface area contributed by atoms with Crippen LogP contribution in [0.5, 0.6) is 0 Å². The Morgan fingerprint density at radius 1 is 1.29 bits per heavy atom. The molecule has 0 bridgehead atoms. The Bertz CT molecular complexity index is 612. The van der Waals surface area contributed by atoms with Gasteiger partial charge in [-0.05, 0) is 50.8 Å². The van der Waals surface area contributed by atoms with Crippen LogP contribution in [0.2, 0.25) is 0 Å². The Kier molecular flexibility index (Phi) is 3.61. The molecular formula is C16H22N4O. The van der Waals surface area contributed by atoms with Crippen molar-refractivity contribution in [3.8, 4) is 0 Å². The molecule has 4 heterocycles. The molecule has 2 aliphatic rings. The monoisotopic (exact) mass is 286 g/mol. The first-order valence-electron chi connectivity index (χ1n) is 8.08. The van der Waals surface area contributed by atoms with Gasteiger partial charge in [0.1, 0.15) is 17.6 Å². The molecule has 2 atom stereocenters. The molecule has 0 radical (unpaired) electrons. The predicted octanol–water partition coefficient (Wildman–Crippen LogP) is 2.42. The molecule has 21 heavy (non-hydrogen) atoms. The lowest BCUT2D eigenvalue weighted by atomic mass is 10.1.